The third kappa shape index (κ3) is 5.84. The maximum atomic E-state index is 13.4. The van der Waals surface area contributed by atoms with Crippen molar-refractivity contribution in [2.45, 2.75) is 18.1 Å². The Kier molecular flexibility index (Phi) is 7.12. The van der Waals surface area contributed by atoms with Gasteiger partial charge in [0.25, 0.3) is 0 Å². The second kappa shape index (κ2) is 10.6. The van der Waals surface area contributed by atoms with Gasteiger partial charge in [-0.2, -0.15) is 5.26 Å². The number of nitrogens with one attached hydrogen (secondary N) is 1. The number of hydrogen-bond acceptors (Lipinski definition) is 5. The predicted octanol–water partition coefficient (Wildman–Crippen LogP) is 4.93. The van der Waals surface area contributed by atoms with Gasteiger partial charge >= 0.3 is 0 Å². The first-order valence-corrected chi connectivity index (χ1v) is 11.2. The van der Waals surface area contributed by atoms with E-state index in [9.17, 15) is 9.18 Å². The number of rotatable bonds is 8. The quantitative estimate of drug-likeness (QED) is 0.379. The number of nitriles is 1. The minimum atomic E-state index is -0.320. The molecule has 4 aromatic rings. The first-order valence-electron chi connectivity index (χ1n) is 10.2. The Labute approximate surface area is 195 Å². The monoisotopic (exact) mass is 457 g/mol. The molecule has 6 nitrogen and oxygen atoms in total. The molecule has 0 radical (unpaired) electrons. The van der Waals surface area contributed by atoms with Crippen LogP contribution in [0.4, 0.5) is 10.1 Å². The number of carbonyl (C=O) groups is 1. The Morgan fingerprint density at radius 3 is 2.39 bits per heavy atom. The maximum absolute atomic E-state index is 13.4. The van der Waals surface area contributed by atoms with Gasteiger partial charge in [0.1, 0.15) is 5.82 Å². The zero-order valence-corrected chi connectivity index (χ0v) is 18.4. The van der Waals surface area contributed by atoms with E-state index in [1.54, 1.807) is 24.3 Å². The summed E-state index contributed by atoms with van der Waals surface area (Å²) >= 11 is 1.28. The van der Waals surface area contributed by atoms with Crippen LogP contribution in [0.15, 0.2) is 84.0 Å². The lowest BCUT2D eigenvalue weighted by Gasteiger charge is -2.11. The molecule has 4 rings (SSSR count). The summed E-state index contributed by atoms with van der Waals surface area (Å²) in [4.78, 5) is 12.5. The summed E-state index contributed by atoms with van der Waals surface area (Å²) in [6.45, 7) is 0.519. The van der Waals surface area contributed by atoms with Crippen molar-refractivity contribution in [2.24, 2.45) is 0 Å². The maximum Gasteiger partial charge on any atom is 0.234 e. The van der Waals surface area contributed by atoms with Gasteiger partial charge in [-0.15, -0.1) is 10.2 Å². The molecule has 164 valence electrons. The largest absolute Gasteiger partial charge is 0.325 e. The van der Waals surface area contributed by atoms with Gasteiger partial charge < -0.3 is 5.32 Å². The molecule has 0 spiro atoms. The summed E-state index contributed by atoms with van der Waals surface area (Å²) in [5, 5.41) is 20.8. The summed E-state index contributed by atoms with van der Waals surface area (Å²) in [5.41, 5.74) is 3.37. The van der Waals surface area contributed by atoms with Gasteiger partial charge in [0.15, 0.2) is 11.0 Å². The first kappa shape index (κ1) is 22.2. The average Bonchev–Trinajstić information content (AvgIpc) is 3.22. The molecule has 1 amide bonds. The molecule has 33 heavy (non-hydrogen) atoms. The molecule has 0 fully saturated rings. The van der Waals surface area contributed by atoms with Crippen molar-refractivity contribution in [1.29, 1.82) is 5.26 Å². The summed E-state index contributed by atoms with van der Waals surface area (Å²) in [6, 6.07) is 25.3. The molecule has 0 aliphatic rings. The Balaban J connectivity index is 1.50. The van der Waals surface area contributed by atoms with Crippen LogP contribution < -0.4 is 5.32 Å². The summed E-state index contributed by atoms with van der Waals surface area (Å²) in [7, 11) is 0. The van der Waals surface area contributed by atoms with Gasteiger partial charge in [-0.25, -0.2) is 4.39 Å². The fourth-order valence-corrected chi connectivity index (χ4v) is 3.98. The number of hydrogen-bond donors (Lipinski definition) is 1. The Bertz CT molecular complexity index is 1270. The second-order valence-corrected chi connectivity index (χ2v) is 8.20. The van der Waals surface area contributed by atoms with Crippen molar-refractivity contribution >= 4 is 23.4 Å². The van der Waals surface area contributed by atoms with E-state index in [1.165, 1.54) is 23.9 Å². The van der Waals surface area contributed by atoms with Crippen LogP contribution in [0, 0.1) is 17.1 Å². The smallest absolute Gasteiger partial charge is 0.234 e. The van der Waals surface area contributed by atoms with Crippen LogP contribution in [0.25, 0.3) is 11.4 Å². The SMILES string of the molecule is N#CCc1ccc(NC(=O)CSc2nnc(-c3ccc(F)cc3)n2Cc2ccccc2)cc1. The third-order valence-corrected chi connectivity index (χ3v) is 5.82. The summed E-state index contributed by atoms with van der Waals surface area (Å²) in [6.07, 6.45) is 0.331. The molecule has 1 aromatic heterocycles. The molecule has 0 saturated carbocycles. The number of carbonyl (C=O) groups excluding carboxylic acids is 1. The average molecular weight is 458 g/mol. The van der Waals surface area contributed by atoms with Gasteiger partial charge in [-0.05, 0) is 47.5 Å². The predicted molar refractivity (Wildman–Crippen MR) is 126 cm³/mol. The number of aromatic nitrogens is 3. The van der Waals surface area contributed by atoms with Crippen molar-refractivity contribution < 1.29 is 9.18 Å². The van der Waals surface area contributed by atoms with E-state index in [1.807, 2.05) is 47.0 Å². The second-order valence-electron chi connectivity index (χ2n) is 7.25. The van der Waals surface area contributed by atoms with Gasteiger partial charge in [0.2, 0.25) is 5.91 Å². The topological polar surface area (TPSA) is 83.6 Å². The molecule has 0 bridgehead atoms. The minimum absolute atomic E-state index is 0.149. The molecule has 0 aliphatic carbocycles. The minimum Gasteiger partial charge on any atom is -0.325 e. The first-order chi connectivity index (χ1) is 16.1. The Morgan fingerprint density at radius 2 is 1.70 bits per heavy atom. The lowest BCUT2D eigenvalue weighted by Crippen LogP contribution is -2.15. The number of benzene rings is 3. The molecule has 1 N–H and O–H groups in total. The van der Waals surface area contributed by atoms with Gasteiger partial charge in [0, 0.05) is 11.3 Å². The molecule has 0 atom stereocenters. The molecule has 0 unspecified atom stereocenters. The fraction of sp³-hybridized carbons (Fsp3) is 0.120. The number of halogens is 1. The van der Waals surface area contributed by atoms with Crippen LogP contribution in [0.3, 0.4) is 0 Å². The third-order valence-electron chi connectivity index (χ3n) is 4.86. The van der Waals surface area contributed by atoms with Crippen LogP contribution in [-0.2, 0) is 17.8 Å². The summed E-state index contributed by atoms with van der Waals surface area (Å²) < 4.78 is 15.3. The Morgan fingerprint density at radius 1 is 0.970 bits per heavy atom. The van der Waals surface area contributed by atoms with Crippen molar-refractivity contribution in [3.8, 4) is 17.5 Å². The van der Waals surface area contributed by atoms with Crippen LogP contribution in [-0.4, -0.2) is 26.4 Å². The van der Waals surface area contributed by atoms with Crippen molar-refractivity contribution in [3.05, 3.63) is 95.8 Å². The van der Waals surface area contributed by atoms with Crippen LogP contribution in [0.1, 0.15) is 11.1 Å². The number of amides is 1. The van der Waals surface area contributed by atoms with Crippen LogP contribution in [0.5, 0.6) is 0 Å². The normalized spacial score (nSPS) is 10.5. The molecule has 0 aliphatic heterocycles. The van der Waals surface area contributed by atoms with Crippen LogP contribution in [0.2, 0.25) is 0 Å². The highest BCUT2D eigenvalue weighted by molar-refractivity contribution is 7.99. The number of nitrogens with zero attached hydrogens (tertiary/aromatic N) is 4. The number of anilines is 1. The zero-order valence-electron chi connectivity index (χ0n) is 17.6. The van der Waals surface area contributed by atoms with Crippen molar-refractivity contribution in [2.75, 3.05) is 11.1 Å². The van der Waals surface area contributed by atoms with Crippen molar-refractivity contribution in [1.82, 2.24) is 14.8 Å². The van der Waals surface area contributed by atoms with Crippen LogP contribution >= 0.6 is 11.8 Å². The van der Waals surface area contributed by atoms with E-state index >= 15 is 0 Å². The molecule has 3 aromatic carbocycles. The standard InChI is InChI=1S/C25H20FN5OS/c26-21-10-8-20(9-11-21)24-29-30-25(31(24)16-19-4-2-1-3-5-19)33-17-23(32)28-22-12-6-18(7-13-22)14-15-27/h1-13H,14,16-17H2,(H,28,32). The molecule has 8 heteroatoms. The number of thioether (sulfide) groups is 1. The lowest BCUT2D eigenvalue weighted by molar-refractivity contribution is -0.113. The Hall–Kier alpha value is -3.96. The van der Waals surface area contributed by atoms with Crippen molar-refractivity contribution in [3.63, 3.8) is 0 Å². The van der Waals surface area contributed by atoms with E-state index in [2.05, 4.69) is 21.6 Å². The van der Waals surface area contributed by atoms with E-state index in [4.69, 9.17) is 5.26 Å². The van der Waals surface area contributed by atoms with Gasteiger partial charge in [-0.3, -0.25) is 9.36 Å². The summed E-state index contributed by atoms with van der Waals surface area (Å²) in [5.74, 6) is 0.260. The molecular weight excluding hydrogens is 437 g/mol. The van der Waals surface area contributed by atoms with E-state index < -0.39 is 0 Å². The highest BCUT2D eigenvalue weighted by Crippen LogP contribution is 2.25. The molecule has 0 saturated heterocycles. The molecule has 1 heterocycles. The highest BCUT2D eigenvalue weighted by Gasteiger charge is 2.16. The van der Waals surface area contributed by atoms with E-state index in [-0.39, 0.29) is 17.5 Å². The van der Waals surface area contributed by atoms with Gasteiger partial charge in [-0.1, -0.05) is 54.2 Å². The van der Waals surface area contributed by atoms with E-state index in [0.29, 0.717) is 29.6 Å². The highest BCUT2D eigenvalue weighted by atomic mass is 32.2. The fourth-order valence-electron chi connectivity index (χ4n) is 3.24. The zero-order chi connectivity index (χ0) is 23.0. The van der Waals surface area contributed by atoms with Gasteiger partial charge in [0.05, 0.1) is 24.8 Å². The lowest BCUT2D eigenvalue weighted by atomic mass is 10.1. The molecular formula is C25H20FN5OS. The van der Waals surface area contributed by atoms with E-state index in [0.717, 1.165) is 16.7 Å².